The monoisotopic (exact) mass is 447 g/mol. The molecule has 2 aliphatic rings. The quantitative estimate of drug-likeness (QED) is 0.602. The summed E-state index contributed by atoms with van der Waals surface area (Å²) in [5.74, 6) is 0.674. The van der Waals surface area contributed by atoms with Gasteiger partial charge in [-0.05, 0) is 49.2 Å². The van der Waals surface area contributed by atoms with Crippen molar-refractivity contribution in [1.29, 1.82) is 0 Å². The molecule has 2 aliphatic heterocycles. The van der Waals surface area contributed by atoms with Gasteiger partial charge in [-0.15, -0.1) is 0 Å². The number of anilines is 1. The summed E-state index contributed by atoms with van der Waals surface area (Å²) in [4.78, 5) is 33.1. The molecule has 6 heteroatoms. The molecule has 33 heavy (non-hydrogen) atoms. The normalized spacial score (nSPS) is 17.5. The number of hydrogen-bond donors (Lipinski definition) is 0. The first-order valence-corrected chi connectivity index (χ1v) is 11.8. The van der Waals surface area contributed by atoms with E-state index in [4.69, 9.17) is 4.74 Å². The van der Waals surface area contributed by atoms with Crippen molar-refractivity contribution in [3.8, 4) is 5.75 Å². The molecule has 1 fully saturated rings. The highest BCUT2D eigenvalue weighted by Gasteiger charge is 2.43. The highest BCUT2D eigenvalue weighted by molar-refractivity contribution is 6.45. The van der Waals surface area contributed by atoms with Gasteiger partial charge in [0.2, 0.25) is 0 Å². The molecule has 0 saturated carbocycles. The molecule has 1 saturated heterocycles. The second-order valence-electron chi connectivity index (χ2n) is 9.16. The summed E-state index contributed by atoms with van der Waals surface area (Å²) in [7, 11) is 0. The summed E-state index contributed by atoms with van der Waals surface area (Å²) in [6, 6.07) is 15.1. The third kappa shape index (κ3) is 4.81. The number of amides is 2. The molecule has 6 nitrogen and oxygen atoms in total. The minimum Gasteiger partial charge on any atom is -0.493 e. The number of nitrogens with zero attached hydrogens (tertiary/aromatic N) is 3. The van der Waals surface area contributed by atoms with E-state index in [9.17, 15) is 9.59 Å². The van der Waals surface area contributed by atoms with Gasteiger partial charge in [0.25, 0.3) is 11.8 Å². The first kappa shape index (κ1) is 23.1. The largest absolute Gasteiger partial charge is 0.493 e. The Kier molecular flexibility index (Phi) is 6.84. The molecule has 0 N–H and O–H groups in total. The van der Waals surface area contributed by atoms with Gasteiger partial charge in [-0.1, -0.05) is 50.6 Å². The van der Waals surface area contributed by atoms with E-state index in [0.717, 1.165) is 49.6 Å². The Balaban J connectivity index is 1.70. The molecule has 0 unspecified atom stereocenters. The first-order chi connectivity index (χ1) is 15.9. The number of aryl methyl sites for hydroxylation is 1. The highest BCUT2D eigenvalue weighted by atomic mass is 16.5. The lowest BCUT2D eigenvalue weighted by atomic mass is 10.0. The van der Waals surface area contributed by atoms with Crippen LogP contribution in [0.4, 0.5) is 5.69 Å². The van der Waals surface area contributed by atoms with Crippen LogP contribution in [-0.2, 0) is 9.59 Å². The Morgan fingerprint density at radius 3 is 2.09 bits per heavy atom. The van der Waals surface area contributed by atoms with Crippen LogP contribution < -0.4 is 9.64 Å². The van der Waals surface area contributed by atoms with Crippen molar-refractivity contribution in [3.05, 3.63) is 65.4 Å². The maximum absolute atomic E-state index is 13.7. The Bertz CT molecular complexity index is 1030. The predicted molar refractivity (Wildman–Crippen MR) is 131 cm³/mol. The van der Waals surface area contributed by atoms with Crippen LogP contribution in [0.3, 0.4) is 0 Å². The first-order valence-electron chi connectivity index (χ1n) is 11.8. The molecule has 2 aromatic carbocycles. The van der Waals surface area contributed by atoms with Crippen molar-refractivity contribution >= 4 is 23.1 Å². The van der Waals surface area contributed by atoms with E-state index < -0.39 is 0 Å². The van der Waals surface area contributed by atoms with E-state index in [-0.39, 0.29) is 11.8 Å². The summed E-state index contributed by atoms with van der Waals surface area (Å²) >= 11 is 0. The Morgan fingerprint density at radius 1 is 0.879 bits per heavy atom. The van der Waals surface area contributed by atoms with Crippen molar-refractivity contribution < 1.29 is 14.3 Å². The van der Waals surface area contributed by atoms with Gasteiger partial charge < -0.3 is 14.5 Å². The molecule has 4 rings (SSSR count). The number of hydrogen-bond acceptors (Lipinski definition) is 5. The molecule has 174 valence electrons. The number of carbonyl (C=O) groups excluding carboxylic acids is 2. The third-order valence-electron chi connectivity index (χ3n) is 6.21. The Labute approximate surface area is 196 Å². The Hall–Kier alpha value is -3.12. The lowest BCUT2D eigenvalue weighted by molar-refractivity contribution is -0.120. The standard InChI is InChI=1S/C27H33N3O3/c1-5-28-14-16-29(17-15-28)25-24(21-8-12-23(13-9-21)33-18-19(2)3)26(31)30(27(25)32)22-10-6-20(4)7-11-22/h6-13,19H,5,14-18H2,1-4H3. The van der Waals surface area contributed by atoms with Crippen LogP contribution >= 0.6 is 0 Å². The van der Waals surface area contributed by atoms with Gasteiger partial charge in [0.15, 0.2) is 0 Å². The summed E-state index contributed by atoms with van der Waals surface area (Å²) in [5, 5.41) is 0. The molecule has 0 spiro atoms. The van der Waals surface area contributed by atoms with E-state index in [2.05, 4.69) is 30.6 Å². The molecule has 0 bridgehead atoms. The Morgan fingerprint density at radius 2 is 1.52 bits per heavy atom. The second-order valence-corrected chi connectivity index (χ2v) is 9.16. The average Bonchev–Trinajstić information content (AvgIpc) is 3.08. The second kappa shape index (κ2) is 9.79. The zero-order valence-electron chi connectivity index (χ0n) is 20.0. The van der Waals surface area contributed by atoms with Crippen molar-refractivity contribution in [2.45, 2.75) is 27.7 Å². The fourth-order valence-electron chi connectivity index (χ4n) is 4.27. The maximum Gasteiger partial charge on any atom is 0.282 e. The summed E-state index contributed by atoms with van der Waals surface area (Å²) in [6.45, 7) is 13.2. The molecular formula is C27H33N3O3. The minimum absolute atomic E-state index is 0.246. The molecule has 0 aromatic heterocycles. The number of likely N-dealkylation sites (N-methyl/N-ethyl adjacent to an activating group) is 1. The lowest BCUT2D eigenvalue weighted by Crippen LogP contribution is -2.47. The fourth-order valence-corrected chi connectivity index (χ4v) is 4.27. The number of rotatable bonds is 7. The SMILES string of the molecule is CCN1CCN(C2=C(c3ccc(OCC(C)C)cc3)C(=O)N(c3ccc(C)cc3)C2=O)CC1. The summed E-state index contributed by atoms with van der Waals surface area (Å²) in [6.07, 6.45) is 0. The average molecular weight is 448 g/mol. The minimum atomic E-state index is -0.271. The van der Waals surface area contributed by atoms with E-state index in [0.29, 0.717) is 29.5 Å². The van der Waals surface area contributed by atoms with Gasteiger partial charge in [0.1, 0.15) is 11.4 Å². The van der Waals surface area contributed by atoms with E-state index >= 15 is 0 Å². The molecule has 0 atom stereocenters. The molecule has 2 amide bonds. The zero-order valence-corrected chi connectivity index (χ0v) is 20.0. The van der Waals surface area contributed by atoms with E-state index in [1.54, 1.807) is 0 Å². The number of ether oxygens (including phenoxy) is 1. The van der Waals surface area contributed by atoms with Gasteiger partial charge in [-0.3, -0.25) is 9.59 Å². The smallest absolute Gasteiger partial charge is 0.282 e. The van der Waals surface area contributed by atoms with Gasteiger partial charge in [-0.25, -0.2) is 4.90 Å². The van der Waals surface area contributed by atoms with Crippen LogP contribution in [0.2, 0.25) is 0 Å². The van der Waals surface area contributed by atoms with E-state index in [1.165, 1.54) is 4.90 Å². The topological polar surface area (TPSA) is 53.1 Å². The van der Waals surface area contributed by atoms with E-state index in [1.807, 2.05) is 55.5 Å². The number of imide groups is 1. The van der Waals surface area contributed by atoms with Crippen LogP contribution in [-0.4, -0.2) is 60.9 Å². The van der Waals surface area contributed by atoms with Gasteiger partial charge >= 0.3 is 0 Å². The van der Waals surface area contributed by atoms with Crippen molar-refractivity contribution in [2.24, 2.45) is 5.92 Å². The molecular weight excluding hydrogens is 414 g/mol. The maximum atomic E-state index is 13.7. The van der Waals surface area contributed by atoms with Crippen molar-refractivity contribution in [2.75, 3.05) is 44.2 Å². The van der Waals surface area contributed by atoms with Gasteiger partial charge in [0.05, 0.1) is 17.9 Å². The lowest BCUT2D eigenvalue weighted by Gasteiger charge is -2.36. The van der Waals surface area contributed by atoms with Crippen LogP contribution in [0, 0.1) is 12.8 Å². The molecule has 0 aliphatic carbocycles. The van der Waals surface area contributed by atoms with Crippen LogP contribution in [0.1, 0.15) is 31.9 Å². The van der Waals surface area contributed by atoms with Crippen LogP contribution in [0.15, 0.2) is 54.2 Å². The molecule has 0 radical (unpaired) electrons. The van der Waals surface area contributed by atoms with Gasteiger partial charge in [0, 0.05) is 26.2 Å². The van der Waals surface area contributed by atoms with Crippen molar-refractivity contribution in [3.63, 3.8) is 0 Å². The van der Waals surface area contributed by atoms with Gasteiger partial charge in [-0.2, -0.15) is 0 Å². The summed E-state index contributed by atoms with van der Waals surface area (Å²) < 4.78 is 5.81. The van der Waals surface area contributed by atoms with Crippen LogP contribution in [0.25, 0.3) is 5.57 Å². The van der Waals surface area contributed by atoms with Crippen molar-refractivity contribution in [1.82, 2.24) is 9.80 Å². The predicted octanol–water partition coefficient (Wildman–Crippen LogP) is 3.95. The molecule has 2 heterocycles. The fraction of sp³-hybridized carbons (Fsp3) is 0.407. The number of piperazine rings is 1. The summed E-state index contributed by atoms with van der Waals surface area (Å²) in [5.41, 5.74) is 3.41. The zero-order chi connectivity index (χ0) is 23.5. The van der Waals surface area contributed by atoms with Crippen LogP contribution in [0.5, 0.6) is 5.75 Å². The molecule has 2 aromatic rings. The highest BCUT2D eigenvalue weighted by Crippen LogP contribution is 2.35. The number of carbonyl (C=O) groups is 2. The third-order valence-corrected chi connectivity index (χ3v) is 6.21. The number of benzene rings is 2.